The Kier molecular flexibility index (Phi) is 3.14. The largest absolute Gasteiger partial charge is 0.348 e. The summed E-state index contributed by atoms with van der Waals surface area (Å²) in [5.74, 6) is 0. The van der Waals surface area contributed by atoms with Crippen molar-refractivity contribution in [3.05, 3.63) is 34.3 Å². The van der Waals surface area contributed by atoms with E-state index in [0.717, 1.165) is 23.2 Å². The highest BCUT2D eigenvalue weighted by molar-refractivity contribution is 9.10. The highest BCUT2D eigenvalue weighted by Gasteiger charge is 2.28. The molecule has 1 aliphatic heterocycles. The number of benzene rings is 1. The van der Waals surface area contributed by atoms with Crippen molar-refractivity contribution in [3.63, 3.8) is 0 Å². The van der Waals surface area contributed by atoms with E-state index in [-0.39, 0.29) is 11.7 Å². The molecule has 0 saturated carbocycles. The first-order valence-corrected chi connectivity index (χ1v) is 5.85. The van der Waals surface area contributed by atoms with E-state index >= 15 is 0 Å². The molecule has 0 N–H and O–H groups in total. The summed E-state index contributed by atoms with van der Waals surface area (Å²) in [4.78, 5) is 0. The molecule has 1 aromatic carbocycles. The van der Waals surface area contributed by atoms with Gasteiger partial charge in [-0.05, 0) is 12.1 Å². The van der Waals surface area contributed by atoms with Gasteiger partial charge < -0.3 is 9.47 Å². The van der Waals surface area contributed by atoms with Gasteiger partial charge in [-0.2, -0.15) is 0 Å². The molecule has 15 heavy (non-hydrogen) atoms. The third-order valence-corrected chi connectivity index (χ3v) is 2.92. The highest BCUT2D eigenvalue weighted by Crippen LogP contribution is 2.31. The fourth-order valence-electron chi connectivity index (χ4n) is 1.50. The van der Waals surface area contributed by atoms with E-state index in [0.29, 0.717) is 0 Å². The van der Waals surface area contributed by atoms with Crippen LogP contribution in [0, 0.1) is 5.41 Å². The van der Waals surface area contributed by atoms with E-state index in [1.807, 2.05) is 24.3 Å². The number of halogens is 1. The molecule has 0 atom stereocenters. The molecule has 1 aromatic rings. The summed E-state index contributed by atoms with van der Waals surface area (Å²) in [5.41, 5.74) is 1.21. The Labute approximate surface area is 98.7 Å². The molecule has 1 heterocycles. The molecule has 0 aliphatic carbocycles. The van der Waals surface area contributed by atoms with Gasteiger partial charge in [-0.1, -0.05) is 41.9 Å². The van der Waals surface area contributed by atoms with Crippen LogP contribution in [0.5, 0.6) is 0 Å². The molecule has 0 aromatic heterocycles. The van der Waals surface area contributed by atoms with Gasteiger partial charge in [0.05, 0.1) is 13.2 Å². The average molecular weight is 271 g/mol. The monoisotopic (exact) mass is 270 g/mol. The first-order valence-electron chi connectivity index (χ1n) is 5.05. The third-order valence-electron chi connectivity index (χ3n) is 2.39. The molecule has 2 rings (SSSR count). The van der Waals surface area contributed by atoms with Crippen molar-refractivity contribution in [2.45, 2.75) is 20.1 Å². The molecule has 1 saturated heterocycles. The fourth-order valence-corrected chi connectivity index (χ4v) is 1.77. The molecule has 82 valence electrons. The van der Waals surface area contributed by atoms with Crippen molar-refractivity contribution in [2.24, 2.45) is 5.41 Å². The van der Waals surface area contributed by atoms with Crippen LogP contribution in [0.4, 0.5) is 0 Å². The van der Waals surface area contributed by atoms with Crippen LogP contribution in [-0.2, 0) is 9.47 Å². The Hall–Kier alpha value is -0.380. The van der Waals surface area contributed by atoms with Crippen LogP contribution in [0.2, 0.25) is 0 Å². The molecule has 0 amide bonds. The summed E-state index contributed by atoms with van der Waals surface area (Å²) in [7, 11) is 0. The molecule has 0 bridgehead atoms. The SMILES string of the molecule is CC1(C)COC(c2ccc(Br)cc2)OC1. The summed E-state index contributed by atoms with van der Waals surface area (Å²) in [6, 6.07) is 8.05. The Bertz CT molecular complexity index is 322. The van der Waals surface area contributed by atoms with E-state index in [9.17, 15) is 0 Å². The minimum atomic E-state index is -0.203. The zero-order chi connectivity index (χ0) is 10.9. The first kappa shape index (κ1) is 11.1. The van der Waals surface area contributed by atoms with Gasteiger partial charge in [0.25, 0.3) is 0 Å². The maximum Gasteiger partial charge on any atom is 0.183 e. The smallest absolute Gasteiger partial charge is 0.183 e. The van der Waals surface area contributed by atoms with Crippen LogP contribution in [0.1, 0.15) is 25.7 Å². The van der Waals surface area contributed by atoms with Crippen LogP contribution >= 0.6 is 15.9 Å². The first-order chi connectivity index (χ1) is 7.07. The topological polar surface area (TPSA) is 18.5 Å². The quantitative estimate of drug-likeness (QED) is 0.778. The maximum absolute atomic E-state index is 5.68. The lowest BCUT2D eigenvalue weighted by Crippen LogP contribution is -2.33. The second kappa shape index (κ2) is 4.24. The molecule has 1 aliphatic rings. The predicted octanol–water partition coefficient (Wildman–Crippen LogP) is 3.52. The average Bonchev–Trinajstić information content (AvgIpc) is 2.20. The van der Waals surface area contributed by atoms with Crippen molar-refractivity contribution in [1.82, 2.24) is 0 Å². The molecular weight excluding hydrogens is 256 g/mol. The van der Waals surface area contributed by atoms with Crippen molar-refractivity contribution < 1.29 is 9.47 Å². The highest BCUT2D eigenvalue weighted by atomic mass is 79.9. The van der Waals surface area contributed by atoms with E-state index in [1.165, 1.54) is 0 Å². The lowest BCUT2D eigenvalue weighted by atomic mass is 9.95. The third kappa shape index (κ3) is 2.80. The van der Waals surface area contributed by atoms with Gasteiger partial charge in [-0.3, -0.25) is 0 Å². The molecule has 1 fully saturated rings. The van der Waals surface area contributed by atoms with Gasteiger partial charge in [-0.25, -0.2) is 0 Å². The fraction of sp³-hybridized carbons (Fsp3) is 0.500. The summed E-state index contributed by atoms with van der Waals surface area (Å²) in [5, 5.41) is 0. The van der Waals surface area contributed by atoms with Gasteiger partial charge in [0.1, 0.15) is 0 Å². The van der Waals surface area contributed by atoms with Crippen molar-refractivity contribution >= 4 is 15.9 Å². The minimum absolute atomic E-state index is 0.131. The summed E-state index contributed by atoms with van der Waals surface area (Å²) in [6.45, 7) is 5.77. The Morgan fingerprint density at radius 2 is 1.67 bits per heavy atom. The minimum Gasteiger partial charge on any atom is -0.348 e. The summed E-state index contributed by atoms with van der Waals surface area (Å²) >= 11 is 3.41. The second-order valence-electron chi connectivity index (χ2n) is 4.67. The number of hydrogen-bond acceptors (Lipinski definition) is 2. The molecule has 0 unspecified atom stereocenters. The molecule has 2 nitrogen and oxygen atoms in total. The lowest BCUT2D eigenvalue weighted by molar-refractivity contribution is -0.226. The van der Waals surface area contributed by atoms with Gasteiger partial charge >= 0.3 is 0 Å². The van der Waals surface area contributed by atoms with Gasteiger partial charge in [0, 0.05) is 15.5 Å². The van der Waals surface area contributed by atoms with Gasteiger partial charge in [0.2, 0.25) is 0 Å². The summed E-state index contributed by atoms with van der Waals surface area (Å²) < 4.78 is 12.4. The van der Waals surface area contributed by atoms with Crippen molar-refractivity contribution in [1.29, 1.82) is 0 Å². The second-order valence-corrected chi connectivity index (χ2v) is 5.59. The van der Waals surface area contributed by atoms with Crippen LogP contribution in [-0.4, -0.2) is 13.2 Å². The normalized spacial score (nSPS) is 21.5. The van der Waals surface area contributed by atoms with Crippen LogP contribution in [0.3, 0.4) is 0 Å². The van der Waals surface area contributed by atoms with Crippen LogP contribution in [0.15, 0.2) is 28.7 Å². The van der Waals surface area contributed by atoms with E-state index < -0.39 is 0 Å². The van der Waals surface area contributed by atoms with E-state index in [1.54, 1.807) is 0 Å². The van der Waals surface area contributed by atoms with Crippen molar-refractivity contribution in [2.75, 3.05) is 13.2 Å². The molecule has 0 spiro atoms. The zero-order valence-corrected chi connectivity index (χ0v) is 10.6. The Balaban J connectivity index is 2.04. The molecular formula is C12H15BrO2. The molecule has 0 radical (unpaired) electrons. The van der Waals surface area contributed by atoms with E-state index in [2.05, 4.69) is 29.8 Å². The number of ether oxygens (including phenoxy) is 2. The van der Waals surface area contributed by atoms with Crippen LogP contribution in [0.25, 0.3) is 0 Å². The van der Waals surface area contributed by atoms with Crippen molar-refractivity contribution in [3.8, 4) is 0 Å². The Morgan fingerprint density at radius 3 is 2.20 bits per heavy atom. The summed E-state index contributed by atoms with van der Waals surface area (Å²) in [6.07, 6.45) is -0.203. The standard InChI is InChI=1S/C12H15BrO2/c1-12(2)7-14-11(15-8-12)9-3-5-10(13)6-4-9/h3-6,11H,7-8H2,1-2H3. The van der Waals surface area contributed by atoms with E-state index in [4.69, 9.17) is 9.47 Å². The Morgan fingerprint density at radius 1 is 1.13 bits per heavy atom. The van der Waals surface area contributed by atoms with Crippen LogP contribution < -0.4 is 0 Å². The van der Waals surface area contributed by atoms with Gasteiger partial charge in [-0.15, -0.1) is 0 Å². The number of hydrogen-bond donors (Lipinski definition) is 0. The van der Waals surface area contributed by atoms with Gasteiger partial charge in [0.15, 0.2) is 6.29 Å². The maximum atomic E-state index is 5.68. The zero-order valence-electron chi connectivity index (χ0n) is 9.00. The predicted molar refractivity (Wildman–Crippen MR) is 62.6 cm³/mol. The number of rotatable bonds is 1. The lowest BCUT2D eigenvalue weighted by Gasteiger charge is -2.34. The molecule has 3 heteroatoms.